The predicted octanol–water partition coefficient (Wildman–Crippen LogP) is 2.94. The van der Waals surface area contributed by atoms with Crippen molar-refractivity contribution in [2.75, 3.05) is 0 Å². The first-order chi connectivity index (χ1) is 7.12. The van der Waals surface area contributed by atoms with Gasteiger partial charge in [-0.15, -0.1) is 0 Å². The maximum Gasteiger partial charge on any atom is 0.0742 e. The Bertz CT molecular complexity index is 216. The molecule has 0 aromatic carbocycles. The normalized spacial score (nSPS) is 30.2. The number of hydrogen-bond acceptors (Lipinski definition) is 2. The van der Waals surface area contributed by atoms with Gasteiger partial charge in [0, 0.05) is 5.54 Å². The molecule has 16 heavy (non-hydrogen) atoms. The van der Waals surface area contributed by atoms with Gasteiger partial charge in [-0.05, 0) is 56.8 Å². The third-order valence-corrected chi connectivity index (χ3v) is 4.21. The molecule has 1 aliphatic rings. The van der Waals surface area contributed by atoms with E-state index in [4.69, 9.17) is 5.73 Å². The van der Waals surface area contributed by atoms with E-state index in [1.54, 1.807) is 0 Å². The summed E-state index contributed by atoms with van der Waals surface area (Å²) in [4.78, 5) is 0. The van der Waals surface area contributed by atoms with Gasteiger partial charge in [-0.3, -0.25) is 0 Å². The Morgan fingerprint density at radius 1 is 1.00 bits per heavy atom. The lowest BCUT2D eigenvalue weighted by Gasteiger charge is -2.41. The molecule has 1 unspecified atom stereocenters. The van der Waals surface area contributed by atoms with Crippen molar-refractivity contribution >= 4 is 0 Å². The smallest absolute Gasteiger partial charge is 0.0742 e. The van der Waals surface area contributed by atoms with Gasteiger partial charge in [0.2, 0.25) is 0 Å². The van der Waals surface area contributed by atoms with Crippen LogP contribution in [0.3, 0.4) is 0 Å². The maximum atomic E-state index is 10.2. The van der Waals surface area contributed by atoms with Crippen LogP contribution in [-0.2, 0) is 0 Å². The lowest BCUT2D eigenvalue weighted by molar-refractivity contribution is 0.0125. The minimum Gasteiger partial charge on any atom is -0.391 e. The van der Waals surface area contributed by atoms with Crippen molar-refractivity contribution in [3.63, 3.8) is 0 Å². The molecule has 1 rings (SSSR count). The van der Waals surface area contributed by atoms with E-state index in [1.165, 1.54) is 12.8 Å². The van der Waals surface area contributed by atoms with Crippen LogP contribution in [-0.4, -0.2) is 16.7 Å². The predicted molar refractivity (Wildman–Crippen MR) is 69.2 cm³/mol. The molecule has 2 heteroatoms. The first-order valence-electron chi connectivity index (χ1n) is 6.59. The minimum atomic E-state index is -0.459. The summed E-state index contributed by atoms with van der Waals surface area (Å²) < 4.78 is 0. The number of rotatable bonds is 2. The average Bonchev–Trinajstić information content (AvgIpc) is 2.14. The summed E-state index contributed by atoms with van der Waals surface area (Å²) in [5.41, 5.74) is 5.93. The second-order valence-electron chi connectivity index (χ2n) is 7.24. The number of nitrogens with two attached hydrogens (primary N) is 1. The fraction of sp³-hybridized carbons (Fsp3) is 1.00. The van der Waals surface area contributed by atoms with E-state index >= 15 is 0 Å². The molecule has 1 fully saturated rings. The van der Waals surface area contributed by atoms with Gasteiger partial charge in [0.25, 0.3) is 0 Å². The zero-order valence-electron chi connectivity index (χ0n) is 11.6. The molecule has 2 nitrogen and oxygen atoms in total. The maximum absolute atomic E-state index is 10.2. The second kappa shape index (κ2) is 4.66. The molecule has 0 aliphatic heterocycles. The van der Waals surface area contributed by atoms with Crippen LogP contribution in [0.25, 0.3) is 0 Å². The molecular formula is C14H29NO. The fourth-order valence-corrected chi connectivity index (χ4v) is 2.91. The van der Waals surface area contributed by atoms with Gasteiger partial charge in [-0.25, -0.2) is 0 Å². The van der Waals surface area contributed by atoms with Crippen molar-refractivity contribution in [2.45, 2.75) is 71.9 Å². The van der Waals surface area contributed by atoms with Gasteiger partial charge in [-0.2, -0.15) is 0 Å². The van der Waals surface area contributed by atoms with E-state index in [1.807, 2.05) is 13.8 Å². The van der Waals surface area contributed by atoms with Gasteiger partial charge in [0.15, 0.2) is 0 Å². The zero-order valence-corrected chi connectivity index (χ0v) is 11.6. The summed E-state index contributed by atoms with van der Waals surface area (Å²) in [6, 6.07) is 0. The monoisotopic (exact) mass is 227 g/mol. The molecule has 0 radical (unpaired) electrons. The summed E-state index contributed by atoms with van der Waals surface area (Å²) in [5.74, 6) is 1.20. The Morgan fingerprint density at radius 3 is 1.75 bits per heavy atom. The molecule has 96 valence electrons. The average molecular weight is 227 g/mol. The van der Waals surface area contributed by atoms with Gasteiger partial charge in [-0.1, -0.05) is 20.8 Å². The Kier molecular flexibility index (Phi) is 4.07. The van der Waals surface area contributed by atoms with Crippen molar-refractivity contribution in [3.05, 3.63) is 0 Å². The Hall–Kier alpha value is -0.0800. The molecule has 0 aromatic rings. The molecule has 1 saturated carbocycles. The summed E-state index contributed by atoms with van der Waals surface area (Å²) in [5, 5.41) is 10.2. The number of aliphatic hydroxyl groups is 1. The van der Waals surface area contributed by atoms with Crippen molar-refractivity contribution in [1.82, 2.24) is 0 Å². The lowest BCUT2D eigenvalue weighted by Crippen LogP contribution is -2.50. The highest BCUT2D eigenvalue weighted by Crippen LogP contribution is 2.41. The molecule has 0 spiro atoms. The van der Waals surface area contributed by atoms with Gasteiger partial charge in [0.05, 0.1) is 6.10 Å². The van der Waals surface area contributed by atoms with Crippen LogP contribution in [0.15, 0.2) is 0 Å². The van der Waals surface area contributed by atoms with Crippen molar-refractivity contribution in [1.29, 1.82) is 0 Å². The summed E-state index contributed by atoms with van der Waals surface area (Å²) >= 11 is 0. The van der Waals surface area contributed by atoms with E-state index in [0.29, 0.717) is 11.3 Å². The quantitative estimate of drug-likeness (QED) is 0.762. The standard InChI is InChI=1S/C14H29NO/c1-13(2,3)11-8-6-10(7-9-11)12(16)14(4,5)15/h10-12,16H,6-9,15H2,1-5H3. The van der Waals surface area contributed by atoms with E-state index in [-0.39, 0.29) is 6.10 Å². The van der Waals surface area contributed by atoms with Crippen LogP contribution in [0.4, 0.5) is 0 Å². The van der Waals surface area contributed by atoms with Gasteiger partial charge >= 0.3 is 0 Å². The SMILES string of the molecule is CC(C)(C)C1CCC(C(O)C(C)(C)N)CC1. The second-order valence-corrected chi connectivity index (χ2v) is 7.24. The van der Waals surface area contributed by atoms with Crippen molar-refractivity contribution in [2.24, 2.45) is 23.0 Å². The van der Waals surface area contributed by atoms with Crippen LogP contribution in [0, 0.1) is 17.3 Å². The molecule has 0 bridgehead atoms. The van der Waals surface area contributed by atoms with E-state index < -0.39 is 5.54 Å². The summed E-state index contributed by atoms with van der Waals surface area (Å²) in [7, 11) is 0. The molecule has 0 heterocycles. The van der Waals surface area contributed by atoms with Gasteiger partial charge in [0.1, 0.15) is 0 Å². The molecule has 0 saturated heterocycles. The Balaban J connectivity index is 2.50. The van der Waals surface area contributed by atoms with Crippen LogP contribution in [0.1, 0.15) is 60.3 Å². The van der Waals surface area contributed by atoms with Gasteiger partial charge < -0.3 is 10.8 Å². The highest BCUT2D eigenvalue weighted by molar-refractivity contribution is 4.90. The largest absolute Gasteiger partial charge is 0.391 e. The first-order valence-corrected chi connectivity index (χ1v) is 6.59. The molecule has 1 aliphatic carbocycles. The van der Waals surface area contributed by atoms with E-state index in [9.17, 15) is 5.11 Å². The number of hydrogen-bond donors (Lipinski definition) is 2. The highest BCUT2D eigenvalue weighted by atomic mass is 16.3. The molecule has 0 amide bonds. The minimum absolute atomic E-state index is 0.353. The number of aliphatic hydroxyl groups excluding tert-OH is 1. The Morgan fingerprint density at radius 2 is 1.44 bits per heavy atom. The van der Waals surface area contributed by atoms with E-state index in [2.05, 4.69) is 20.8 Å². The van der Waals surface area contributed by atoms with E-state index in [0.717, 1.165) is 18.8 Å². The molecule has 1 atom stereocenters. The molecule has 3 N–H and O–H groups in total. The Labute approximate surface area is 101 Å². The van der Waals surface area contributed by atoms with Crippen LogP contribution in [0.5, 0.6) is 0 Å². The van der Waals surface area contributed by atoms with Crippen LogP contribution >= 0.6 is 0 Å². The van der Waals surface area contributed by atoms with Crippen LogP contribution in [0.2, 0.25) is 0 Å². The van der Waals surface area contributed by atoms with Crippen molar-refractivity contribution < 1.29 is 5.11 Å². The fourth-order valence-electron chi connectivity index (χ4n) is 2.91. The third-order valence-electron chi connectivity index (χ3n) is 4.21. The highest BCUT2D eigenvalue weighted by Gasteiger charge is 2.36. The first kappa shape index (κ1) is 14.0. The lowest BCUT2D eigenvalue weighted by atomic mass is 9.67. The molecule has 0 aromatic heterocycles. The molecular weight excluding hydrogens is 198 g/mol. The van der Waals surface area contributed by atoms with Crippen LogP contribution < -0.4 is 5.73 Å². The topological polar surface area (TPSA) is 46.2 Å². The van der Waals surface area contributed by atoms with Crippen molar-refractivity contribution in [3.8, 4) is 0 Å². The summed E-state index contributed by atoms with van der Waals surface area (Å²) in [6.07, 6.45) is 4.38. The summed E-state index contributed by atoms with van der Waals surface area (Å²) in [6.45, 7) is 10.8. The zero-order chi connectivity index (χ0) is 12.6. The third kappa shape index (κ3) is 3.46.